The van der Waals surface area contributed by atoms with Gasteiger partial charge >= 0.3 is 0 Å². The number of hydrogen-bond donors (Lipinski definition) is 2. The molecule has 2 aromatic rings. The topological polar surface area (TPSA) is 84.5 Å². The van der Waals surface area contributed by atoms with Crippen LogP contribution in [0.5, 0.6) is 5.75 Å². The summed E-state index contributed by atoms with van der Waals surface area (Å²) < 4.78 is 48.3. The van der Waals surface area contributed by atoms with Gasteiger partial charge in [-0.1, -0.05) is 32.8 Å². The molecule has 168 valence electrons. The molecule has 1 aliphatic carbocycles. The van der Waals surface area contributed by atoms with Crippen LogP contribution in [0.25, 0.3) is 0 Å². The first-order chi connectivity index (χ1) is 14.6. The lowest BCUT2D eigenvalue weighted by Gasteiger charge is -2.34. The van der Waals surface area contributed by atoms with E-state index in [9.17, 15) is 17.6 Å². The molecule has 2 N–H and O–H groups in total. The second kappa shape index (κ2) is 9.36. The molecule has 0 saturated heterocycles. The van der Waals surface area contributed by atoms with E-state index in [-0.39, 0.29) is 22.4 Å². The summed E-state index contributed by atoms with van der Waals surface area (Å²) in [7, 11) is -2.44. The Labute approximate surface area is 183 Å². The average Bonchev–Trinajstić information content (AvgIpc) is 2.71. The van der Waals surface area contributed by atoms with Crippen molar-refractivity contribution in [1.29, 1.82) is 0 Å². The van der Waals surface area contributed by atoms with Crippen molar-refractivity contribution in [2.24, 2.45) is 11.8 Å². The largest absolute Gasteiger partial charge is 0.495 e. The van der Waals surface area contributed by atoms with E-state index in [1.165, 1.54) is 13.2 Å². The lowest BCUT2D eigenvalue weighted by Crippen LogP contribution is -2.43. The van der Waals surface area contributed by atoms with Crippen molar-refractivity contribution >= 4 is 21.6 Å². The Morgan fingerprint density at radius 2 is 1.87 bits per heavy atom. The van der Waals surface area contributed by atoms with E-state index in [1.807, 2.05) is 19.9 Å². The fraction of sp³-hybridized carbons (Fsp3) is 0.435. The Kier molecular flexibility index (Phi) is 7.01. The van der Waals surface area contributed by atoms with E-state index in [1.54, 1.807) is 12.1 Å². The van der Waals surface area contributed by atoms with E-state index >= 15 is 0 Å². The van der Waals surface area contributed by atoms with Gasteiger partial charge in [0, 0.05) is 6.04 Å². The predicted octanol–water partition coefficient (Wildman–Crippen LogP) is 4.50. The molecule has 31 heavy (non-hydrogen) atoms. The van der Waals surface area contributed by atoms with Crippen LogP contribution in [0.1, 0.15) is 49.0 Å². The molecule has 0 aromatic heterocycles. The molecule has 0 bridgehead atoms. The molecule has 6 nitrogen and oxygen atoms in total. The van der Waals surface area contributed by atoms with Gasteiger partial charge in [0.15, 0.2) is 0 Å². The van der Waals surface area contributed by atoms with Gasteiger partial charge in [-0.2, -0.15) is 0 Å². The van der Waals surface area contributed by atoms with Crippen LogP contribution in [0, 0.1) is 24.6 Å². The fourth-order valence-corrected chi connectivity index (χ4v) is 5.36. The summed E-state index contributed by atoms with van der Waals surface area (Å²) in [6.45, 7) is 6.00. The number of ether oxygens (including phenoxy) is 1. The number of methoxy groups -OCH3 is 1. The van der Waals surface area contributed by atoms with Gasteiger partial charge in [0.1, 0.15) is 11.6 Å². The van der Waals surface area contributed by atoms with Crippen molar-refractivity contribution < 1.29 is 22.3 Å². The molecule has 0 aliphatic heterocycles. The number of amides is 1. The minimum atomic E-state index is -3.90. The zero-order valence-corrected chi connectivity index (χ0v) is 19.1. The molecule has 1 saturated carbocycles. The van der Waals surface area contributed by atoms with E-state index in [0.29, 0.717) is 17.4 Å². The smallest absolute Gasteiger partial charge is 0.258 e. The number of anilines is 1. The van der Waals surface area contributed by atoms with Gasteiger partial charge in [0.2, 0.25) is 10.0 Å². The molecule has 1 aliphatic rings. The zero-order valence-electron chi connectivity index (χ0n) is 18.2. The lowest BCUT2D eigenvalue weighted by molar-refractivity contribution is 0.102. The third-order valence-electron chi connectivity index (χ3n) is 6.11. The first-order valence-corrected chi connectivity index (χ1v) is 11.9. The molecular formula is C23H29FN2O4S. The average molecular weight is 449 g/mol. The molecular weight excluding hydrogens is 419 g/mol. The Bertz CT molecular complexity index is 1070. The van der Waals surface area contributed by atoms with Crippen LogP contribution in [0.2, 0.25) is 0 Å². The molecule has 1 fully saturated rings. The highest BCUT2D eigenvalue weighted by Gasteiger charge is 2.31. The molecule has 1 amide bonds. The lowest BCUT2D eigenvalue weighted by atomic mass is 9.78. The Balaban J connectivity index is 1.86. The minimum absolute atomic E-state index is 0.138. The molecule has 0 unspecified atom stereocenters. The maximum atomic E-state index is 14.4. The summed E-state index contributed by atoms with van der Waals surface area (Å²) in [5.74, 6) is -0.521. The Morgan fingerprint density at radius 1 is 1.13 bits per heavy atom. The molecule has 3 rings (SSSR count). The van der Waals surface area contributed by atoms with Gasteiger partial charge in [0.05, 0.1) is 23.3 Å². The number of aryl methyl sites for hydroxylation is 1. The van der Waals surface area contributed by atoms with Crippen molar-refractivity contribution in [3.63, 3.8) is 0 Å². The van der Waals surface area contributed by atoms with E-state index in [0.717, 1.165) is 37.0 Å². The quantitative estimate of drug-likeness (QED) is 0.682. The maximum absolute atomic E-state index is 14.4. The summed E-state index contributed by atoms with van der Waals surface area (Å²) in [6.07, 6.45) is 2.78. The normalized spacial score (nSPS) is 21.5. The molecule has 8 heteroatoms. The highest BCUT2D eigenvalue weighted by atomic mass is 32.2. The number of rotatable bonds is 6. The molecule has 0 radical (unpaired) electrons. The van der Waals surface area contributed by atoms with Crippen LogP contribution in [0.4, 0.5) is 10.1 Å². The van der Waals surface area contributed by atoms with Crippen LogP contribution >= 0.6 is 0 Å². The summed E-state index contributed by atoms with van der Waals surface area (Å²) in [6, 6.07) is 8.28. The summed E-state index contributed by atoms with van der Waals surface area (Å²) in [5.41, 5.74) is 0.910. The highest BCUT2D eigenvalue weighted by Crippen LogP contribution is 2.31. The number of nitrogens with one attached hydrogen (secondary N) is 2. The standard InChI is InChI=1S/C23H29FN2O4S/c1-14-8-11-22(30-4)21(12-14)25-23(27)18-13-17(9-10-19(18)24)31(28,29)26-20-7-5-6-15(2)16(20)3/h8-13,15-16,20,26H,5-7H2,1-4H3,(H,25,27)/t15-,16+,20-/m1/s1. The van der Waals surface area contributed by atoms with Crippen LogP contribution < -0.4 is 14.8 Å². The number of halogens is 1. The maximum Gasteiger partial charge on any atom is 0.258 e. The summed E-state index contributed by atoms with van der Waals surface area (Å²) >= 11 is 0. The number of carbonyl (C=O) groups is 1. The van der Waals surface area contributed by atoms with Crippen molar-refractivity contribution in [2.75, 3.05) is 12.4 Å². The number of sulfonamides is 1. The second-order valence-corrected chi connectivity index (χ2v) is 10.0. The van der Waals surface area contributed by atoms with Crippen LogP contribution in [0.15, 0.2) is 41.3 Å². The summed E-state index contributed by atoms with van der Waals surface area (Å²) in [4.78, 5) is 12.6. The molecule has 0 spiro atoms. The van der Waals surface area contributed by atoms with Crippen molar-refractivity contribution in [1.82, 2.24) is 4.72 Å². The van der Waals surface area contributed by atoms with Gasteiger partial charge in [-0.05, 0) is 61.1 Å². The molecule has 0 heterocycles. The van der Waals surface area contributed by atoms with Gasteiger partial charge in [-0.15, -0.1) is 0 Å². The number of carbonyl (C=O) groups excluding carboxylic acids is 1. The van der Waals surface area contributed by atoms with E-state index in [2.05, 4.69) is 17.0 Å². The van der Waals surface area contributed by atoms with Gasteiger partial charge in [-0.3, -0.25) is 4.79 Å². The minimum Gasteiger partial charge on any atom is -0.495 e. The number of benzene rings is 2. The first kappa shape index (κ1) is 23.2. The van der Waals surface area contributed by atoms with Gasteiger partial charge in [-0.25, -0.2) is 17.5 Å². The van der Waals surface area contributed by atoms with Crippen molar-refractivity contribution in [3.8, 4) is 5.75 Å². The van der Waals surface area contributed by atoms with Gasteiger partial charge < -0.3 is 10.1 Å². The summed E-state index contributed by atoms with van der Waals surface area (Å²) in [5, 5.41) is 2.61. The first-order valence-electron chi connectivity index (χ1n) is 10.4. The van der Waals surface area contributed by atoms with Crippen LogP contribution in [-0.4, -0.2) is 27.5 Å². The van der Waals surface area contributed by atoms with Crippen LogP contribution in [-0.2, 0) is 10.0 Å². The SMILES string of the molecule is COc1ccc(C)cc1NC(=O)c1cc(S(=O)(=O)N[C@@H]2CCC[C@@H](C)[C@@H]2C)ccc1F. The number of hydrogen-bond acceptors (Lipinski definition) is 4. The second-order valence-electron chi connectivity index (χ2n) is 8.29. The van der Waals surface area contributed by atoms with E-state index < -0.39 is 21.7 Å². The van der Waals surface area contributed by atoms with Crippen molar-refractivity contribution in [2.45, 2.75) is 51.0 Å². The third kappa shape index (κ3) is 5.25. The Hall–Kier alpha value is -2.45. The highest BCUT2D eigenvalue weighted by molar-refractivity contribution is 7.89. The van der Waals surface area contributed by atoms with Crippen LogP contribution in [0.3, 0.4) is 0 Å². The Morgan fingerprint density at radius 3 is 2.58 bits per heavy atom. The third-order valence-corrected chi connectivity index (χ3v) is 7.60. The predicted molar refractivity (Wildman–Crippen MR) is 118 cm³/mol. The monoisotopic (exact) mass is 448 g/mol. The fourth-order valence-electron chi connectivity index (χ4n) is 3.97. The van der Waals surface area contributed by atoms with E-state index in [4.69, 9.17) is 4.74 Å². The molecule has 3 atom stereocenters. The van der Waals surface area contributed by atoms with Crippen molar-refractivity contribution in [3.05, 3.63) is 53.3 Å². The molecule has 2 aromatic carbocycles. The zero-order chi connectivity index (χ0) is 22.8. The van der Waals surface area contributed by atoms with Gasteiger partial charge in [0.25, 0.3) is 5.91 Å².